The van der Waals surface area contributed by atoms with Crippen LogP contribution in [0.4, 0.5) is 4.79 Å². The fraction of sp³-hybridized carbons (Fsp3) is 0.357. The van der Waals surface area contributed by atoms with Gasteiger partial charge in [0.25, 0.3) is 0 Å². The van der Waals surface area contributed by atoms with Gasteiger partial charge in [-0.15, -0.1) is 0 Å². The van der Waals surface area contributed by atoms with Gasteiger partial charge in [-0.3, -0.25) is 14.9 Å². The molecular weight excluding hydrogens is 296 g/mol. The number of carbonyl (C=O) groups is 3. The Balaban J connectivity index is 2.64. The molecule has 0 aliphatic heterocycles. The zero-order valence-corrected chi connectivity index (χ0v) is 12.6. The van der Waals surface area contributed by atoms with Crippen molar-refractivity contribution >= 4 is 29.5 Å². The lowest BCUT2D eigenvalue weighted by molar-refractivity contribution is -0.138. The molecule has 1 aromatic carbocycles. The third-order valence-electron chi connectivity index (χ3n) is 3.07. The van der Waals surface area contributed by atoms with Crippen molar-refractivity contribution in [2.45, 2.75) is 25.8 Å². The molecule has 0 saturated carbocycles. The number of nitrogens with one attached hydrogen (secondary N) is 1. The first-order valence-corrected chi connectivity index (χ1v) is 6.73. The lowest BCUT2D eigenvalue weighted by Gasteiger charge is -2.25. The third kappa shape index (κ3) is 5.07. The van der Waals surface area contributed by atoms with E-state index in [-0.39, 0.29) is 18.9 Å². The van der Waals surface area contributed by atoms with Gasteiger partial charge >= 0.3 is 12.0 Å². The number of benzene rings is 1. The van der Waals surface area contributed by atoms with Crippen LogP contribution in [0.1, 0.15) is 31.4 Å². The average molecular weight is 313 g/mol. The molecule has 2 N–H and O–H groups in total. The number of hydrogen-bond acceptors (Lipinski definition) is 3. The lowest BCUT2D eigenvalue weighted by Crippen LogP contribution is -2.42. The van der Waals surface area contributed by atoms with Crippen molar-refractivity contribution in [3.05, 3.63) is 34.9 Å². The van der Waals surface area contributed by atoms with Crippen molar-refractivity contribution in [3.63, 3.8) is 0 Å². The number of amides is 3. The van der Waals surface area contributed by atoms with Crippen LogP contribution in [0.5, 0.6) is 0 Å². The summed E-state index contributed by atoms with van der Waals surface area (Å²) in [6.07, 6.45) is -0.557. The molecule has 114 valence electrons. The quantitative estimate of drug-likeness (QED) is 0.874. The molecular formula is C14H17ClN2O4. The monoisotopic (exact) mass is 312 g/mol. The van der Waals surface area contributed by atoms with E-state index in [1.54, 1.807) is 25.1 Å². The number of hydrogen-bond donors (Lipinski definition) is 2. The fourth-order valence-corrected chi connectivity index (χ4v) is 1.98. The first kappa shape index (κ1) is 17.0. The van der Waals surface area contributed by atoms with E-state index in [2.05, 4.69) is 5.32 Å². The standard InChI is InChI=1S/C14H17ClN2O4/c1-9(10-5-3-4-6-11(10)15)17(2)14(21)16-12(18)7-8-13(19)20/h3-6,9H,7-8H2,1-2H3,(H,19,20)(H,16,18,21). The molecule has 1 rings (SSSR count). The van der Waals surface area contributed by atoms with Crippen molar-refractivity contribution in [3.8, 4) is 0 Å². The second-order valence-electron chi connectivity index (χ2n) is 4.56. The van der Waals surface area contributed by atoms with Crippen molar-refractivity contribution in [2.75, 3.05) is 7.05 Å². The molecule has 0 aliphatic carbocycles. The summed E-state index contributed by atoms with van der Waals surface area (Å²) in [4.78, 5) is 35.1. The van der Waals surface area contributed by atoms with Gasteiger partial charge in [0.15, 0.2) is 0 Å². The van der Waals surface area contributed by atoms with Crippen LogP contribution in [0.15, 0.2) is 24.3 Å². The summed E-state index contributed by atoms with van der Waals surface area (Å²) >= 11 is 6.07. The third-order valence-corrected chi connectivity index (χ3v) is 3.41. The Bertz CT molecular complexity index is 548. The minimum atomic E-state index is -1.09. The summed E-state index contributed by atoms with van der Waals surface area (Å²) in [5.41, 5.74) is 0.759. The van der Waals surface area contributed by atoms with Gasteiger partial charge in [-0.1, -0.05) is 29.8 Å². The first-order chi connectivity index (χ1) is 9.82. The Morgan fingerprint density at radius 2 is 1.90 bits per heavy atom. The number of carboxylic acid groups (broad SMARTS) is 1. The molecule has 1 aromatic rings. The summed E-state index contributed by atoms with van der Waals surface area (Å²) in [6.45, 7) is 1.78. The van der Waals surface area contributed by atoms with Gasteiger partial charge in [0.2, 0.25) is 5.91 Å². The Kier molecular flexibility index (Phi) is 6.17. The summed E-state index contributed by atoms with van der Waals surface area (Å²) in [5, 5.41) is 11.2. The second kappa shape index (κ2) is 7.64. The zero-order chi connectivity index (χ0) is 16.0. The lowest BCUT2D eigenvalue weighted by atomic mass is 10.1. The SMILES string of the molecule is CC(c1ccccc1Cl)N(C)C(=O)NC(=O)CCC(=O)O. The Morgan fingerprint density at radius 3 is 2.48 bits per heavy atom. The predicted octanol–water partition coefficient (Wildman–Crippen LogP) is 2.43. The highest BCUT2D eigenvalue weighted by molar-refractivity contribution is 6.31. The second-order valence-corrected chi connectivity index (χ2v) is 4.96. The van der Waals surface area contributed by atoms with Crippen LogP contribution in [-0.4, -0.2) is 35.0 Å². The van der Waals surface area contributed by atoms with Crippen LogP contribution in [0, 0.1) is 0 Å². The number of carboxylic acids is 1. The van der Waals surface area contributed by atoms with E-state index in [1.165, 1.54) is 11.9 Å². The van der Waals surface area contributed by atoms with E-state index in [0.29, 0.717) is 5.02 Å². The number of urea groups is 1. The van der Waals surface area contributed by atoms with E-state index < -0.39 is 17.9 Å². The van der Waals surface area contributed by atoms with Gasteiger partial charge in [0, 0.05) is 18.5 Å². The number of aliphatic carboxylic acids is 1. The van der Waals surface area contributed by atoms with E-state index in [4.69, 9.17) is 16.7 Å². The van der Waals surface area contributed by atoms with Crippen LogP contribution < -0.4 is 5.32 Å². The molecule has 0 aliphatic rings. The molecule has 0 saturated heterocycles. The summed E-state index contributed by atoms with van der Waals surface area (Å²) in [6, 6.07) is 6.18. The summed E-state index contributed by atoms with van der Waals surface area (Å²) in [7, 11) is 1.54. The van der Waals surface area contributed by atoms with Crippen molar-refractivity contribution < 1.29 is 19.5 Å². The number of imide groups is 1. The minimum Gasteiger partial charge on any atom is -0.481 e. The average Bonchev–Trinajstić information content (AvgIpc) is 2.44. The van der Waals surface area contributed by atoms with Gasteiger partial charge in [-0.2, -0.15) is 0 Å². The molecule has 0 spiro atoms. The Labute approximate surface area is 127 Å². The van der Waals surface area contributed by atoms with Gasteiger partial charge in [-0.05, 0) is 18.6 Å². The Hall–Kier alpha value is -2.08. The normalized spacial score (nSPS) is 11.6. The molecule has 0 aromatic heterocycles. The first-order valence-electron chi connectivity index (χ1n) is 6.35. The summed E-state index contributed by atoms with van der Waals surface area (Å²) < 4.78 is 0. The van der Waals surface area contributed by atoms with Crippen LogP contribution in [0.25, 0.3) is 0 Å². The van der Waals surface area contributed by atoms with Crippen molar-refractivity contribution in [1.29, 1.82) is 0 Å². The number of nitrogens with zero attached hydrogens (tertiary/aromatic N) is 1. The predicted molar refractivity (Wildman–Crippen MR) is 78.0 cm³/mol. The molecule has 0 fully saturated rings. The van der Waals surface area contributed by atoms with Gasteiger partial charge in [0.05, 0.1) is 12.5 Å². The molecule has 3 amide bonds. The highest BCUT2D eigenvalue weighted by Crippen LogP contribution is 2.26. The minimum absolute atomic E-state index is 0.241. The topological polar surface area (TPSA) is 86.7 Å². The van der Waals surface area contributed by atoms with Gasteiger partial charge in [0.1, 0.15) is 0 Å². The number of rotatable bonds is 5. The van der Waals surface area contributed by atoms with Crippen molar-refractivity contribution in [1.82, 2.24) is 10.2 Å². The maximum Gasteiger partial charge on any atom is 0.324 e. The van der Waals surface area contributed by atoms with E-state index in [9.17, 15) is 14.4 Å². The highest BCUT2D eigenvalue weighted by atomic mass is 35.5. The molecule has 1 unspecified atom stereocenters. The van der Waals surface area contributed by atoms with Crippen LogP contribution in [0.3, 0.4) is 0 Å². The van der Waals surface area contributed by atoms with Crippen LogP contribution >= 0.6 is 11.6 Å². The van der Waals surface area contributed by atoms with Crippen LogP contribution in [-0.2, 0) is 9.59 Å². The van der Waals surface area contributed by atoms with E-state index >= 15 is 0 Å². The summed E-state index contributed by atoms with van der Waals surface area (Å²) in [5.74, 6) is -1.71. The molecule has 0 bridgehead atoms. The molecule has 0 radical (unpaired) electrons. The maximum absolute atomic E-state index is 11.9. The van der Waals surface area contributed by atoms with Gasteiger partial charge < -0.3 is 10.0 Å². The maximum atomic E-state index is 11.9. The van der Waals surface area contributed by atoms with E-state index in [1.807, 2.05) is 6.07 Å². The van der Waals surface area contributed by atoms with E-state index in [0.717, 1.165) is 5.56 Å². The van der Waals surface area contributed by atoms with Crippen LogP contribution in [0.2, 0.25) is 5.02 Å². The molecule has 1 atom stereocenters. The number of carbonyl (C=O) groups excluding carboxylic acids is 2. The highest BCUT2D eigenvalue weighted by Gasteiger charge is 2.20. The largest absolute Gasteiger partial charge is 0.481 e. The molecule has 7 heteroatoms. The molecule has 0 heterocycles. The fourth-order valence-electron chi connectivity index (χ4n) is 1.69. The smallest absolute Gasteiger partial charge is 0.324 e. The van der Waals surface area contributed by atoms with Gasteiger partial charge in [-0.25, -0.2) is 4.79 Å². The molecule has 21 heavy (non-hydrogen) atoms. The van der Waals surface area contributed by atoms with Crippen molar-refractivity contribution in [2.24, 2.45) is 0 Å². The molecule has 6 nitrogen and oxygen atoms in total. The number of halogens is 1. The Morgan fingerprint density at radius 1 is 1.29 bits per heavy atom. The zero-order valence-electron chi connectivity index (χ0n) is 11.8.